The van der Waals surface area contributed by atoms with Crippen LogP contribution in [0, 0.1) is 21.4 Å². The van der Waals surface area contributed by atoms with Crippen LogP contribution in [0.5, 0.6) is 0 Å². The number of ether oxygens (including phenoxy) is 2. The van der Waals surface area contributed by atoms with E-state index in [-0.39, 0.29) is 12.1 Å². The molecule has 0 aliphatic carbocycles. The van der Waals surface area contributed by atoms with Gasteiger partial charge in [0.05, 0.1) is 36.2 Å². The number of nitro groups is 1. The van der Waals surface area contributed by atoms with Crippen molar-refractivity contribution in [2.24, 2.45) is 0 Å². The molecule has 0 saturated carbocycles. The molecule has 1 fully saturated rings. The van der Waals surface area contributed by atoms with Crippen molar-refractivity contribution >= 4 is 5.69 Å². The molecule has 0 unspecified atom stereocenters. The van der Waals surface area contributed by atoms with Crippen LogP contribution >= 0.6 is 0 Å². The lowest BCUT2D eigenvalue weighted by atomic mass is 10.0. The van der Waals surface area contributed by atoms with Gasteiger partial charge in [0, 0.05) is 11.6 Å². The number of hydrogen-bond donors (Lipinski definition) is 0. The third kappa shape index (κ3) is 2.25. The van der Waals surface area contributed by atoms with Crippen molar-refractivity contribution in [3.05, 3.63) is 39.4 Å². The summed E-state index contributed by atoms with van der Waals surface area (Å²) in [5.74, 6) is 0. The van der Waals surface area contributed by atoms with Crippen molar-refractivity contribution in [3.8, 4) is 6.07 Å². The Labute approximate surface area is 97.5 Å². The molecule has 0 amide bonds. The normalized spacial score (nSPS) is 15.7. The van der Waals surface area contributed by atoms with E-state index in [0.717, 1.165) is 0 Å². The molecule has 1 saturated heterocycles. The van der Waals surface area contributed by atoms with Crippen LogP contribution in [0.15, 0.2) is 18.2 Å². The Balaban J connectivity index is 2.46. The van der Waals surface area contributed by atoms with Crippen molar-refractivity contribution in [3.63, 3.8) is 0 Å². The van der Waals surface area contributed by atoms with Gasteiger partial charge in [-0.2, -0.15) is 5.26 Å². The average Bonchev–Trinajstić information content (AvgIpc) is 2.83. The van der Waals surface area contributed by atoms with Crippen molar-refractivity contribution in [1.82, 2.24) is 0 Å². The molecule has 0 spiro atoms. The highest BCUT2D eigenvalue weighted by molar-refractivity contribution is 5.47. The zero-order valence-electron chi connectivity index (χ0n) is 8.96. The molecule has 1 heterocycles. The fourth-order valence-electron chi connectivity index (χ4n) is 1.79. The van der Waals surface area contributed by atoms with Gasteiger partial charge in [0.25, 0.3) is 5.69 Å². The predicted octanol–water partition coefficient (Wildman–Crippen LogP) is 1.71. The van der Waals surface area contributed by atoms with E-state index < -0.39 is 11.2 Å². The highest BCUT2D eigenvalue weighted by atomic mass is 16.7. The van der Waals surface area contributed by atoms with Gasteiger partial charge >= 0.3 is 0 Å². The summed E-state index contributed by atoms with van der Waals surface area (Å²) in [5.41, 5.74) is 0.869. The van der Waals surface area contributed by atoms with E-state index in [1.54, 1.807) is 12.1 Å². The van der Waals surface area contributed by atoms with Crippen LogP contribution in [-0.2, 0) is 15.9 Å². The zero-order valence-corrected chi connectivity index (χ0v) is 8.96. The van der Waals surface area contributed by atoms with Crippen molar-refractivity contribution in [2.45, 2.75) is 12.7 Å². The summed E-state index contributed by atoms with van der Waals surface area (Å²) in [6, 6.07) is 6.57. The minimum Gasteiger partial charge on any atom is -0.346 e. The SMILES string of the molecule is N#CCc1c(C2OCCO2)cccc1[N+](=O)[O-]. The first-order valence-corrected chi connectivity index (χ1v) is 5.10. The van der Waals surface area contributed by atoms with Gasteiger partial charge < -0.3 is 9.47 Å². The second kappa shape index (κ2) is 4.91. The zero-order chi connectivity index (χ0) is 12.3. The molecule has 0 N–H and O–H groups in total. The molecule has 1 aliphatic heterocycles. The molecule has 0 bridgehead atoms. The van der Waals surface area contributed by atoms with Crippen molar-refractivity contribution < 1.29 is 14.4 Å². The Morgan fingerprint density at radius 3 is 2.76 bits per heavy atom. The Kier molecular flexibility index (Phi) is 3.32. The van der Waals surface area contributed by atoms with E-state index in [4.69, 9.17) is 14.7 Å². The maximum Gasteiger partial charge on any atom is 0.274 e. The van der Waals surface area contributed by atoms with Gasteiger partial charge in [-0.25, -0.2) is 0 Å². The predicted molar refractivity (Wildman–Crippen MR) is 57.1 cm³/mol. The second-order valence-corrected chi connectivity index (χ2v) is 3.51. The van der Waals surface area contributed by atoms with E-state index in [2.05, 4.69) is 0 Å². The van der Waals surface area contributed by atoms with E-state index in [0.29, 0.717) is 24.3 Å². The molecule has 0 aromatic heterocycles. The van der Waals surface area contributed by atoms with E-state index >= 15 is 0 Å². The topological polar surface area (TPSA) is 85.4 Å². The quantitative estimate of drug-likeness (QED) is 0.587. The minimum atomic E-state index is -0.599. The molecule has 0 radical (unpaired) electrons. The molecular weight excluding hydrogens is 224 g/mol. The highest BCUT2D eigenvalue weighted by Crippen LogP contribution is 2.31. The van der Waals surface area contributed by atoms with E-state index in [1.807, 2.05) is 6.07 Å². The van der Waals surface area contributed by atoms with Gasteiger partial charge in [0.15, 0.2) is 6.29 Å². The number of nitrogens with zero attached hydrogens (tertiary/aromatic N) is 2. The van der Waals surface area contributed by atoms with Crippen molar-refractivity contribution in [2.75, 3.05) is 13.2 Å². The average molecular weight is 234 g/mol. The van der Waals surface area contributed by atoms with Gasteiger partial charge in [-0.05, 0) is 0 Å². The minimum absolute atomic E-state index is 0.0320. The third-order valence-corrected chi connectivity index (χ3v) is 2.52. The number of nitriles is 1. The molecule has 88 valence electrons. The van der Waals surface area contributed by atoms with E-state index in [9.17, 15) is 10.1 Å². The lowest BCUT2D eigenvalue weighted by Crippen LogP contribution is -2.05. The molecule has 1 aliphatic rings. The Hall–Kier alpha value is -1.97. The maximum absolute atomic E-state index is 10.9. The Morgan fingerprint density at radius 2 is 2.18 bits per heavy atom. The van der Waals surface area contributed by atoms with Gasteiger partial charge in [0.1, 0.15) is 0 Å². The molecule has 1 aromatic carbocycles. The summed E-state index contributed by atoms with van der Waals surface area (Å²) in [6.45, 7) is 0.915. The number of nitro benzene ring substituents is 1. The van der Waals surface area contributed by atoms with Crippen LogP contribution in [0.25, 0.3) is 0 Å². The summed E-state index contributed by atoms with van der Waals surface area (Å²) < 4.78 is 10.6. The van der Waals surface area contributed by atoms with Crippen molar-refractivity contribution in [1.29, 1.82) is 5.26 Å². The molecule has 6 heteroatoms. The van der Waals surface area contributed by atoms with Crippen LogP contribution < -0.4 is 0 Å². The molecule has 0 atom stereocenters. The van der Waals surface area contributed by atoms with Gasteiger partial charge in [-0.1, -0.05) is 12.1 Å². The van der Waals surface area contributed by atoms with Crippen LogP contribution in [0.4, 0.5) is 5.69 Å². The first-order valence-electron chi connectivity index (χ1n) is 5.10. The third-order valence-electron chi connectivity index (χ3n) is 2.52. The molecular formula is C11H10N2O4. The molecule has 1 aromatic rings. The van der Waals surface area contributed by atoms with Gasteiger partial charge in [0.2, 0.25) is 0 Å². The smallest absolute Gasteiger partial charge is 0.274 e. The first kappa shape index (κ1) is 11.5. The summed E-state index contributed by atoms with van der Waals surface area (Å²) in [6.07, 6.45) is -0.631. The Morgan fingerprint density at radius 1 is 1.47 bits per heavy atom. The highest BCUT2D eigenvalue weighted by Gasteiger charge is 2.26. The lowest BCUT2D eigenvalue weighted by molar-refractivity contribution is -0.385. The number of rotatable bonds is 3. The summed E-state index contributed by atoms with van der Waals surface area (Å²) >= 11 is 0. The molecule has 17 heavy (non-hydrogen) atoms. The fourth-order valence-corrected chi connectivity index (χ4v) is 1.79. The lowest BCUT2D eigenvalue weighted by Gasteiger charge is -2.12. The molecule has 6 nitrogen and oxygen atoms in total. The standard InChI is InChI=1S/C11H10N2O4/c12-5-4-8-9(11-16-6-7-17-11)2-1-3-10(8)13(14)15/h1-3,11H,4,6-7H2. The van der Waals surface area contributed by atoms with Crippen LogP contribution in [-0.4, -0.2) is 18.1 Å². The molecule has 2 rings (SSSR count). The fraction of sp³-hybridized carbons (Fsp3) is 0.364. The van der Waals surface area contributed by atoms with Gasteiger partial charge in [-0.15, -0.1) is 0 Å². The largest absolute Gasteiger partial charge is 0.346 e. The van der Waals surface area contributed by atoms with Crippen LogP contribution in [0.3, 0.4) is 0 Å². The van der Waals surface area contributed by atoms with Crippen LogP contribution in [0.1, 0.15) is 17.4 Å². The number of benzene rings is 1. The second-order valence-electron chi connectivity index (χ2n) is 3.51. The monoisotopic (exact) mass is 234 g/mol. The summed E-state index contributed by atoms with van der Waals surface area (Å²) in [4.78, 5) is 10.4. The van der Waals surface area contributed by atoms with Gasteiger partial charge in [-0.3, -0.25) is 10.1 Å². The Bertz CT molecular complexity index is 475. The van der Waals surface area contributed by atoms with E-state index in [1.165, 1.54) is 6.07 Å². The first-order chi connectivity index (χ1) is 8.24. The number of hydrogen-bond acceptors (Lipinski definition) is 5. The summed E-state index contributed by atoms with van der Waals surface area (Å²) in [5, 5.41) is 19.6. The summed E-state index contributed by atoms with van der Waals surface area (Å²) in [7, 11) is 0. The maximum atomic E-state index is 10.9. The van der Waals surface area contributed by atoms with Crippen LogP contribution in [0.2, 0.25) is 0 Å².